The topological polar surface area (TPSA) is 47.0 Å². The summed E-state index contributed by atoms with van der Waals surface area (Å²) < 4.78 is 7.54. The van der Waals surface area contributed by atoms with Crippen LogP contribution in [0.15, 0.2) is 39.5 Å². The maximum Gasteiger partial charge on any atom is 0.148 e. The second-order valence-electron chi connectivity index (χ2n) is 3.76. The highest BCUT2D eigenvalue weighted by Crippen LogP contribution is 2.33. The molecule has 0 atom stereocenters. The van der Waals surface area contributed by atoms with Crippen LogP contribution in [0.1, 0.15) is 12.6 Å². The molecule has 100 valence electrons. The van der Waals surface area contributed by atoms with Gasteiger partial charge in [0, 0.05) is 6.54 Å². The van der Waals surface area contributed by atoms with Gasteiger partial charge in [-0.2, -0.15) is 0 Å². The third kappa shape index (κ3) is 3.91. The highest BCUT2D eigenvalue weighted by Gasteiger charge is 2.06. The van der Waals surface area contributed by atoms with E-state index in [4.69, 9.17) is 4.74 Å². The van der Waals surface area contributed by atoms with Crippen molar-refractivity contribution >= 4 is 37.7 Å². The van der Waals surface area contributed by atoms with Crippen molar-refractivity contribution < 1.29 is 4.74 Å². The Labute approximate surface area is 128 Å². The minimum atomic E-state index is 0.376. The minimum Gasteiger partial charge on any atom is -0.485 e. The van der Waals surface area contributed by atoms with Crippen molar-refractivity contribution in [3.8, 4) is 5.75 Å². The molecular weight excluding hydrogens is 374 g/mol. The second-order valence-corrected chi connectivity index (χ2v) is 5.47. The van der Waals surface area contributed by atoms with Crippen LogP contribution in [0.3, 0.4) is 0 Å². The Morgan fingerprint density at radius 1 is 1.16 bits per heavy atom. The molecule has 0 aliphatic rings. The van der Waals surface area contributed by atoms with Gasteiger partial charge >= 0.3 is 0 Å². The van der Waals surface area contributed by atoms with Gasteiger partial charge in [0.15, 0.2) is 0 Å². The Balaban J connectivity index is 2.02. The molecular formula is C13H13Br2N3O. The van der Waals surface area contributed by atoms with Crippen LogP contribution in [0.25, 0.3) is 0 Å². The van der Waals surface area contributed by atoms with Crippen molar-refractivity contribution in [1.82, 2.24) is 9.97 Å². The fraction of sp³-hybridized carbons (Fsp3) is 0.231. The Morgan fingerprint density at radius 3 is 2.47 bits per heavy atom. The summed E-state index contributed by atoms with van der Waals surface area (Å²) in [6, 6.07) is 5.80. The van der Waals surface area contributed by atoms with Gasteiger partial charge in [0.05, 0.1) is 27.0 Å². The van der Waals surface area contributed by atoms with E-state index in [1.807, 2.05) is 25.1 Å². The maximum atomic E-state index is 5.74. The number of aromatic nitrogens is 2. The fourth-order valence-electron chi connectivity index (χ4n) is 1.47. The van der Waals surface area contributed by atoms with Crippen LogP contribution in [0.4, 0.5) is 5.82 Å². The van der Waals surface area contributed by atoms with Crippen molar-refractivity contribution in [3.05, 3.63) is 45.2 Å². The third-order valence-electron chi connectivity index (χ3n) is 2.35. The Hall–Kier alpha value is -1.14. The first-order valence-corrected chi connectivity index (χ1v) is 7.41. The van der Waals surface area contributed by atoms with Gasteiger partial charge in [-0.3, -0.25) is 4.98 Å². The van der Waals surface area contributed by atoms with Gasteiger partial charge in [-0.05, 0) is 50.9 Å². The van der Waals surface area contributed by atoms with E-state index in [0.717, 1.165) is 32.8 Å². The van der Waals surface area contributed by atoms with Crippen molar-refractivity contribution in [2.24, 2.45) is 0 Å². The standard InChI is InChI=1S/C13H13Br2N3O/c1-2-16-12-7-17-9(6-18-12)8-19-13-10(14)4-3-5-11(13)15/h3-7H,2,8H2,1H3,(H,16,18). The molecule has 0 saturated carbocycles. The first-order valence-electron chi connectivity index (χ1n) is 5.82. The molecule has 2 aromatic rings. The predicted octanol–water partition coefficient (Wildman–Crippen LogP) is 4.01. The largest absolute Gasteiger partial charge is 0.485 e. The first kappa shape index (κ1) is 14.3. The number of hydrogen-bond donors (Lipinski definition) is 1. The number of nitrogens with one attached hydrogen (secondary N) is 1. The predicted molar refractivity (Wildman–Crippen MR) is 82.4 cm³/mol. The van der Waals surface area contributed by atoms with Crippen LogP contribution in [0.2, 0.25) is 0 Å². The van der Waals surface area contributed by atoms with Gasteiger partial charge in [0.1, 0.15) is 18.2 Å². The number of nitrogens with zero attached hydrogens (tertiary/aromatic N) is 2. The molecule has 0 amide bonds. The van der Waals surface area contributed by atoms with E-state index in [9.17, 15) is 0 Å². The number of halogens is 2. The molecule has 19 heavy (non-hydrogen) atoms. The van der Waals surface area contributed by atoms with Gasteiger partial charge < -0.3 is 10.1 Å². The fourth-order valence-corrected chi connectivity index (χ4v) is 2.70. The lowest BCUT2D eigenvalue weighted by Gasteiger charge is -2.09. The van der Waals surface area contributed by atoms with Crippen molar-refractivity contribution in [3.63, 3.8) is 0 Å². The highest BCUT2D eigenvalue weighted by atomic mass is 79.9. The summed E-state index contributed by atoms with van der Waals surface area (Å²) in [5.41, 5.74) is 0.782. The number of para-hydroxylation sites is 1. The molecule has 1 aromatic heterocycles. The summed E-state index contributed by atoms with van der Waals surface area (Å²) in [6.07, 6.45) is 3.42. The van der Waals surface area contributed by atoms with Gasteiger partial charge in [-0.25, -0.2) is 4.98 Å². The van der Waals surface area contributed by atoms with Crippen LogP contribution in [0, 0.1) is 0 Å². The number of benzene rings is 1. The molecule has 0 aliphatic heterocycles. The van der Waals surface area contributed by atoms with Crippen molar-refractivity contribution in [2.45, 2.75) is 13.5 Å². The minimum absolute atomic E-state index is 0.376. The van der Waals surface area contributed by atoms with E-state index in [1.165, 1.54) is 0 Å². The average molecular weight is 387 g/mol. The van der Waals surface area contributed by atoms with Crippen LogP contribution in [-0.2, 0) is 6.61 Å². The summed E-state index contributed by atoms with van der Waals surface area (Å²) in [6.45, 7) is 3.22. The molecule has 0 saturated heterocycles. The van der Waals surface area contributed by atoms with Crippen molar-refractivity contribution in [1.29, 1.82) is 0 Å². The molecule has 0 unspecified atom stereocenters. The lowest BCUT2D eigenvalue weighted by Crippen LogP contribution is -2.03. The van der Waals surface area contributed by atoms with E-state index in [2.05, 4.69) is 47.1 Å². The molecule has 0 spiro atoms. The lowest BCUT2D eigenvalue weighted by atomic mass is 10.3. The molecule has 6 heteroatoms. The average Bonchev–Trinajstić information content (AvgIpc) is 2.40. The molecule has 0 radical (unpaired) electrons. The van der Waals surface area contributed by atoms with Gasteiger partial charge in [-0.15, -0.1) is 0 Å². The van der Waals surface area contributed by atoms with E-state index in [0.29, 0.717) is 6.61 Å². The van der Waals surface area contributed by atoms with Crippen molar-refractivity contribution in [2.75, 3.05) is 11.9 Å². The van der Waals surface area contributed by atoms with Crippen LogP contribution >= 0.6 is 31.9 Å². The Morgan fingerprint density at radius 2 is 1.89 bits per heavy atom. The number of hydrogen-bond acceptors (Lipinski definition) is 4. The number of ether oxygens (including phenoxy) is 1. The Kier molecular flexibility index (Phi) is 5.15. The van der Waals surface area contributed by atoms with Gasteiger partial charge in [0.25, 0.3) is 0 Å². The molecule has 1 N–H and O–H groups in total. The molecule has 0 bridgehead atoms. The smallest absolute Gasteiger partial charge is 0.148 e. The molecule has 0 aliphatic carbocycles. The normalized spacial score (nSPS) is 10.3. The summed E-state index contributed by atoms with van der Waals surface area (Å²) in [7, 11) is 0. The molecule has 0 fully saturated rings. The maximum absolute atomic E-state index is 5.74. The summed E-state index contributed by atoms with van der Waals surface area (Å²) >= 11 is 6.90. The summed E-state index contributed by atoms with van der Waals surface area (Å²) in [5.74, 6) is 1.54. The number of anilines is 1. The van der Waals surface area contributed by atoms with Crippen LogP contribution in [0.5, 0.6) is 5.75 Å². The van der Waals surface area contributed by atoms with E-state index in [1.54, 1.807) is 12.4 Å². The molecule has 1 heterocycles. The summed E-state index contributed by atoms with van der Waals surface area (Å²) in [4.78, 5) is 8.54. The Bertz CT molecular complexity index is 526. The zero-order valence-electron chi connectivity index (χ0n) is 10.4. The SMILES string of the molecule is CCNc1cnc(COc2c(Br)cccc2Br)cn1. The first-order chi connectivity index (χ1) is 9.20. The third-order valence-corrected chi connectivity index (χ3v) is 3.60. The molecule has 4 nitrogen and oxygen atoms in total. The van der Waals surface area contributed by atoms with Gasteiger partial charge in [0.2, 0.25) is 0 Å². The van der Waals surface area contributed by atoms with Crippen LogP contribution in [-0.4, -0.2) is 16.5 Å². The van der Waals surface area contributed by atoms with E-state index < -0.39 is 0 Å². The number of rotatable bonds is 5. The lowest BCUT2D eigenvalue weighted by molar-refractivity contribution is 0.297. The molecule has 1 aromatic carbocycles. The monoisotopic (exact) mass is 385 g/mol. The summed E-state index contributed by atoms with van der Waals surface area (Å²) in [5, 5.41) is 3.10. The second kappa shape index (κ2) is 6.86. The van der Waals surface area contributed by atoms with Crippen LogP contribution < -0.4 is 10.1 Å². The van der Waals surface area contributed by atoms with Gasteiger partial charge in [-0.1, -0.05) is 6.07 Å². The molecule has 2 rings (SSSR count). The van der Waals surface area contributed by atoms with E-state index in [-0.39, 0.29) is 0 Å². The quantitative estimate of drug-likeness (QED) is 0.843. The zero-order valence-corrected chi connectivity index (χ0v) is 13.5. The highest BCUT2D eigenvalue weighted by molar-refractivity contribution is 9.11. The zero-order chi connectivity index (χ0) is 13.7. The van der Waals surface area contributed by atoms with E-state index >= 15 is 0 Å².